The van der Waals surface area contributed by atoms with Crippen LogP contribution in [0.15, 0.2) is 24.3 Å². The van der Waals surface area contributed by atoms with Gasteiger partial charge in [0, 0.05) is 5.69 Å². The Kier molecular flexibility index (Phi) is 5.67. The van der Waals surface area contributed by atoms with Crippen LogP contribution in [-0.2, 0) is 5.41 Å². The highest BCUT2D eigenvalue weighted by atomic mass is 15.1. The average Bonchev–Trinajstić information content (AvgIpc) is 2.42. The zero-order valence-electron chi connectivity index (χ0n) is 12.4. The molecule has 102 valence electrons. The topological polar surface area (TPSA) is 29.3 Å². The van der Waals surface area contributed by atoms with E-state index >= 15 is 0 Å². The van der Waals surface area contributed by atoms with Gasteiger partial charge in [0.1, 0.15) is 0 Å². The summed E-state index contributed by atoms with van der Waals surface area (Å²) in [7, 11) is 0. The molecule has 2 rings (SSSR count). The van der Waals surface area contributed by atoms with Gasteiger partial charge in [-0.2, -0.15) is 0 Å². The summed E-state index contributed by atoms with van der Waals surface area (Å²) >= 11 is 0. The summed E-state index contributed by atoms with van der Waals surface area (Å²) in [5.41, 5.74) is 8.38. The molecule has 0 aromatic heterocycles. The Morgan fingerprint density at radius 3 is 2.06 bits per heavy atom. The van der Waals surface area contributed by atoms with E-state index in [9.17, 15) is 0 Å². The van der Waals surface area contributed by atoms with Gasteiger partial charge in [-0.3, -0.25) is 0 Å². The second-order valence-electron chi connectivity index (χ2n) is 5.12. The minimum atomic E-state index is 0.347. The summed E-state index contributed by atoms with van der Waals surface area (Å²) in [4.78, 5) is 2.53. The number of likely N-dealkylation sites (tertiary alicyclic amines) is 1. The van der Waals surface area contributed by atoms with Crippen molar-refractivity contribution in [3.05, 3.63) is 29.8 Å². The fourth-order valence-corrected chi connectivity index (χ4v) is 2.54. The van der Waals surface area contributed by atoms with Crippen LogP contribution in [-0.4, -0.2) is 24.5 Å². The largest absolute Gasteiger partial charge is 0.399 e. The van der Waals surface area contributed by atoms with Crippen LogP contribution in [0.25, 0.3) is 0 Å². The molecule has 1 aliphatic heterocycles. The molecule has 0 amide bonds. The minimum Gasteiger partial charge on any atom is -0.399 e. The fourth-order valence-electron chi connectivity index (χ4n) is 2.54. The van der Waals surface area contributed by atoms with Crippen LogP contribution >= 0.6 is 0 Å². The lowest BCUT2D eigenvalue weighted by Gasteiger charge is -2.39. The van der Waals surface area contributed by atoms with Crippen molar-refractivity contribution in [2.45, 2.75) is 46.0 Å². The highest BCUT2D eigenvalue weighted by molar-refractivity contribution is 5.41. The summed E-state index contributed by atoms with van der Waals surface area (Å²) in [5.74, 6) is 0. The van der Waals surface area contributed by atoms with E-state index in [2.05, 4.69) is 30.9 Å². The van der Waals surface area contributed by atoms with Gasteiger partial charge in [0.2, 0.25) is 0 Å². The van der Waals surface area contributed by atoms with E-state index in [1.165, 1.54) is 38.0 Å². The standard InChI is InChI=1S/C14H22N2.C2H6/c1-3-16-10-8-14(2,9-11-16)12-4-6-13(15)7-5-12;1-2/h4-7H,3,8-11,15H2,1-2H3;1-2H3. The first kappa shape index (κ1) is 15.0. The third-order valence-electron chi connectivity index (χ3n) is 4.01. The Labute approximate surface area is 112 Å². The van der Waals surface area contributed by atoms with Crippen LogP contribution in [0.4, 0.5) is 5.69 Å². The van der Waals surface area contributed by atoms with Crippen molar-refractivity contribution in [3.63, 3.8) is 0 Å². The van der Waals surface area contributed by atoms with E-state index in [1.807, 2.05) is 26.0 Å². The van der Waals surface area contributed by atoms with Crippen molar-refractivity contribution < 1.29 is 0 Å². The van der Waals surface area contributed by atoms with Crippen molar-refractivity contribution in [2.24, 2.45) is 0 Å². The van der Waals surface area contributed by atoms with Crippen molar-refractivity contribution >= 4 is 5.69 Å². The molecule has 1 heterocycles. The smallest absolute Gasteiger partial charge is 0.0314 e. The number of nitrogens with two attached hydrogens (primary N) is 1. The predicted octanol–water partition coefficient (Wildman–Crippen LogP) is 3.67. The van der Waals surface area contributed by atoms with E-state index in [0.29, 0.717) is 5.41 Å². The predicted molar refractivity (Wildman–Crippen MR) is 80.9 cm³/mol. The first-order valence-electron chi connectivity index (χ1n) is 7.22. The van der Waals surface area contributed by atoms with Crippen LogP contribution in [0.5, 0.6) is 0 Å². The zero-order chi connectivity index (χ0) is 13.6. The van der Waals surface area contributed by atoms with E-state index in [-0.39, 0.29) is 0 Å². The molecular formula is C16H28N2. The number of nitrogen functional groups attached to an aromatic ring is 1. The van der Waals surface area contributed by atoms with Crippen LogP contribution in [0.3, 0.4) is 0 Å². The molecule has 0 spiro atoms. The van der Waals surface area contributed by atoms with Crippen molar-refractivity contribution in [2.75, 3.05) is 25.4 Å². The molecule has 0 bridgehead atoms. The van der Waals surface area contributed by atoms with Crippen LogP contribution < -0.4 is 5.73 Å². The first-order chi connectivity index (χ1) is 8.64. The molecule has 0 atom stereocenters. The fraction of sp³-hybridized carbons (Fsp3) is 0.625. The SMILES string of the molecule is CC.CCN1CCC(C)(c2ccc(N)cc2)CC1. The Balaban J connectivity index is 0.000000771. The number of piperidine rings is 1. The second kappa shape index (κ2) is 6.79. The lowest BCUT2D eigenvalue weighted by atomic mass is 9.74. The van der Waals surface area contributed by atoms with Gasteiger partial charge in [-0.1, -0.05) is 39.8 Å². The average molecular weight is 248 g/mol. The molecule has 0 unspecified atom stereocenters. The van der Waals surface area contributed by atoms with Gasteiger partial charge in [0.05, 0.1) is 0 Å². The molecule has 2 heteroatoms. The number of hydrogen-bond donors (Lipinski definition) is 1. The van der Waals surface area contributed by atoms with E-state index in [0.717, 1.165) is 5.69 Å². The highest BCUT2D eigenvalue weighted by Gasteiger charge is 2.30. The van der Waals surface area contributed by atoms with Gasteiger partial charge >= 0.3 is 0 Å². The molecule has 1 aromatic carbocycles. The van der Waals surface area contributed by atoms with Gasteiger partial charge in [-0.15, -0.1) is 0 Å². The van der Waals surface area contributed by atoms with Crippen molar-refractivity contribution in [1.82, 2.24) is 4.90 Å². The lowest BCUT2D eigenvalue weighted by molar-refractivity contribution is 0.176. The maximum Gasteiger partial charge on any atom is 0.0314 e. The summed E-state index contributed by atoms with van der Waals surface area (Å²) in [6.07, 6.45) is 2.51. The van der Waals surface area contributed by atoms with Crippen LogP contribution in [0, 0.1) is 0 Å². The highest BCUT2D eigenvalue weighted by Crippen LogP contribution is 2.35. The van der Waals surface area contributed by atoms with Crippen LogP contribution in [0.2, 0.25) is 0 Å². The van der Waals surface area contributed by atoms with Gasteiger partial charge in [0.15, 0.2) is 0 Å². The van der Waals surface area contributed by atoms with E-state index < -0.39 is 0 Å². The van der Waals surface area contributed by atoms with E-state index in [4.69, 9.17) is 5.73 Å². The van der Waals surface area contributed by atoms with Crippen molar-refractivity contribution in [3.8, 4) is 0 Å². The van der Waals surface area contributed by atoms with E-state index in [1.54, 1.807) is 0 Å². The van der Waals surface area contributed by atoms with Gasteiger partial charge in [-0.05, 0) is 55.6 Å². The Bertz CT molecular complexity index is 335. The number of rotatable bonds is 2. The molecule has 1 fully saturated rings. The maximum absolute atomic E-state index is 5.73. The Morgan fingerprint density at radius 2 is 1.61 bits per heavy atom. The molecule has 2 N–H and O–H groups in total. The Hall–Kier alpha value is -1.02. The molecule has 2 nitrogen and oxygen atoms in total. The van der Waals surface area contributed by atoms with Crippen molar-refractivity contribution in [1.29, 1.82) is 0 Å². The molecule has 1 aromatic rings. The first-order valence-corrected chi connectivity index (χ1v) is 7.22. The quantitative estimate of drug-likeness (QED) is 0.809. The van der Waals surface area contributed by atoms with Gasteiger partial charge in [-0.25, -0.2) is 0 Å². The molecule has 1 saturated heterocycles. The molecule has 0 aliphatic carbocycles. The molecular weight excluding hydrogens is 220 g/mol. The molecule has 0 saturated carbocycles. The number of benzene rings is 1. The third kappa shape index (κ3) is 3.49. The normalized spacial score (nSPS) is 18.9. The number of hydrogen-bond acceptors (Lipinski definition) is 2. The molecule has 1 aliphatic rings. The van der Waals surface area contributed by atoms with Crippen LogP contribution in [0.1, 0.15) is 46.1 Å². The van der Waals surface area contributed by atoms with Gasteiger partial charge < -0.3 is 10.6 Å². The summed E-state index contributed by atoms with van der Waals surface area (Å²) in [6.45, 7) is 12.2. The number of nitrogens with zero attached hydrogens (tertiary/aromatic N) is 1. The third-order valence-corrected chi connectivity index (χ3v) is 4.01. The minimum absolute atomic E-state index is 0.347. The zero-order valence-corrected chi connectivity index (χ0v) is 12.4. The maximum atomic E-state index is 5.73. The number of anilines is 1. The monoisotopic (exact) mass is 248 g/mol. The summed E-state index contributed by atoms with van der Waals surface area (Å²) in [5, 5.41) is 0. The second-order valence-corrected chi connectivity index (χ2v) is 5.12. The molecule has 0 radical (unpaired) electrons. The summed E-state index contributed by atoms with van der Waals surface area (Å²) in [6, 6.07) is 8.42. The summed E-state index contributed by atoms with van der Waals surface area (Å²) < 4.78 is 0. The lowest BCUT2D eigenvalue weighted by Crippen LogP contribution is -2.40. The molecule has 18 heavy (non-hydrogen) atoms. The van der Waals surface area contributed by atoms with Gasteiger partial charge in [0.25, 0.3) is 0 Å². The Morgan fingerprint density at radius 1 is 1.11 bits per heavy atom.